The zero-order valence-corrected chi connectivity index (χ0v) is 24.5. The van der Waals surface area contributed by atoms with Gasteiger partial charge in [0.15, 0.2) is 0 Å². The number of nitrogens with two attached hydrogens (primary N) is 1. The van der Waals surface area contributed by atoms with Crippen LogP contribution in [0.25, 0.3) is 0 Å². The molecule has 1 aliphatic heterocycles. The van der Waals surface area contributed by atoms with E-state index in [1.54, 1.807) is 13.8 Å². The Morgan fingerprint density at radius 2 is 1.32 bits per heavy atom. The van der Waals surface area contributed by atoms with Gasteiger partial charge in [0.05, 0.1) is 61.0 Å². The van der Waals surface area contributed by atoms with Gasteiger partial charge in [0.25, 0.3) is 0 Å². The summed E-state index contributed by atoms with van der Waals surface area (Å²) in [6.07, 6.45) is -4.97. The number of hydrogen-bond acceptors (Lipinski definition) is 12. The molecule has 1 fully saturated rings. The van der Waals surface area contributed by atoms with Gasteiger partial charge in [-0.15, -0.1) is 0 Å². The summed E-state index contributed by atoms with van der Waals surface area (Å²) in [7, 11) is 0. The minimum atomic E-state index is -1.04. The number of aliphatic hydroxyl groups excluding tert-OH is 9. The van der Waals surface area contributed by atoms with Crippen LogP contribution in [0.4, 0.5) is 0 Å². The molecule has 0 aromatic carbocycles. The molecule has 0 radical (unpaired) electrons. The van der Waals surface area contributed by atoms with E-state index in [1.165, 1.54) is 12.2 Å². The Balaban J connectivity index is 2.25. The SMILES string of the molecule is CC(C)C(=O)CC(O)CC(O)CC(O)C=CCC(O)CC(O)CC(O)CC(O)C1OC1CC(O)CC(O)CCCN. The molecule has 0 aliphatic carbocycles. The predicted octanol–water partition coefficient (Wildman–Crippen LogP) is -0.967. The first-order chi connectivity index (χ1) is 19.2. The Morgan fingerprint density at radius 1 is 0.756 bits per heavy atom. The second-order valence-corrected chi connectivity index (χ2v) is 11.9. The molecule has 1 saturated heterocycles. The summed E-state index contributed by atoms with van der Waals surface area (Å²) >= 11 is 0. The summed E-state index contributed by atoms with van der Waals surface area (Å²) in [5.74, 6) is -0.306. The van der Waals surface area contributed by atoms with Crippen molar-refractivity contribution in [2.75, 3.05) is 6.54 Å². The molecule has 12 heteroatoms. The third-order valence-corrected chi connectivity index (χ3v) is 7.30. The van der Waals surface area contributed by atoms with E-state index in [0.29, 0.717) is 19.4 Å². The summed E-state index contributed by atoms with van der Waals surface area (Å²) in [5.41, 5.74) is 5.41. The predicted molar refractivity (Wildman–Crippen MR) is 152 cm³/mol. The molecular weight excluding hydrogens is 538 g/mol. The second-order valence-electron chi connectivity index (χ2n) is 11.9. The molecule has 1 heterocycles. The van der Waals surface area contributed by atoms with Crippen molar-refractivity contribution in [2.45, 2.75) is 152 Å². The van der Waals surface area contributed by atoms with E-state index in [0.717, 1.165) is 0 Å². The molecule has 0 aromatic rings. The molecule has 0 amide bonds. The highest BCUT2D eigenvalue weighted by Gasteiger charge is 2.45. The van der Waals surface area contributed by atoms with E-state index in [1.807, 2.05) is 0 Å². The van der Waals surface area contributed by atoms with Gasteiger partial charge in [0, 0.05) is 31.6 Å². The molecule has 1 aliphatic rings. The molecule has 11 atom stereocenters. The average molecular weight is 594 g/mol. The number of hydrogen-bond donors (Lipinski definition) is 10. The topological polar surface area (TPSA) is 238 Å². The fraction of sp³-hybridized carbons (Fsp3) is 0.897. The van der Waals surface area contributed by atoms with Crippen LogP contribution in [-0.2, 0) is 9.53 Å². The minimum absolute atomic E-state index is 0.0342. The lowest BCUT2D eigenvalue weighted by Gasteiger charge is -2.20. The third-order valence-electron chi connectivity index (χ3n) is 7.30. The number of carbonyl (C=O) groups excluding carboxylic acids is 1. The van der Waals surface area contributed by atoms with Crippen LogP contribution in [0.1, 0.15) is 84.5 Å². The van der Waals surface area contributed by atoms with Gasteiger partial charge in [-0.2, -0.15) is 0 Å². The van der Waals surface area contributed by atoms with E-state index in [4.69, 9.17) is 10.5 Å². The van der Waals surface area contributed by atoms with Crippen LogP contribution in [0.5, 0.6) is 0 Å². The lowest BCUT2D eigenvalue weighted by molar-refractivity contribution is -0.124. The molecular formula is C29H55NO11. The van der Waals surface area contributed by atoms with Gasteiger partial charge in [-0.3, -0.25) is 4.79 Å². The fourth-order valence-corrected chi connectivity index (χ4v) is 4.88. The van der Waals surface area contributed by atoms with Gasteiger partial charge in [-0.1, -0.05) is 26.0 Å². The van der Waals surface area contributed by atoms with Gasteiger partial charge in [0.2, 0.25) is 0 Å². The molecule has 0 bridgehead atoms. The van der Waals surface area contributed by atoms with Crippen molar-refractivity contribution in [1.82, 2.24) is 0 Å². The van der Waals surface area contributed by atoms with E-state index in [2.05, 4.69) is 0 Å². The Morgan fingerprint density at radius 3 is 1.95 bits per heavy atom. The summed E-state index contributed by atoms with van der Waals surface area (Å²) in [5, 5.41) is 91.0. The largest absolute Gasteiger partial charge is 0.393 e. The fourth-order valence-electron chi connectivity index (χ4n) is 4.88. The van der Waals surface area contributed by atoms with Crippen molar-refractivity contribution in [3.8, 4) is 0 Å². The van der Waals surface area contributed by atoms with Crippen molar-refractivity contribution in [2.24, 2.45) is 11.7 Å². The number of ether oxygens (including phenoxy) is 1. The summed E-state index contributed by atoms with van der Waals surface area (Å²) in [4.78, 5) is 11.7. The first kappa shape index (κ1) is 38.0. The standard InChI is InChI=1S/C29H55NO11/c1-17(2)26(39)14-23(36)12-21(34)9-18(31)5-3-6-19(32)10-22(35)13-24(37)15-27(40)29-28(41-29)16-25(38)11-20(33)7-4-8-30/h3,5,17-25,27-29,31-38,40H,4,6-16,30H2,1-2H3. The van der Waals surface area contributed by atoms with Gasteiger partial charge >= 0.3 is 0 Å². The highest BCUT2D eigenvalue weighted by Crippen LogP contribution is 2.32. The van der Waals surface area contributed by atoms with Crippen LogP contribution in [0.15, 0.2) is 12.2 Å². The lowest BCUT2D eigenvalue weighted by atomic mass is 9.97. The van der Waals surface area contributed by atoms with Crippen molar-refractivity contribution < 1.29 is 55.5 Å². The molecule has 0 saturated carbocycles. The second kappa shape index (κ2) is 20.0. The van der Waals surface area contributed by atoms with Gasteiger partial charge in [0.1, 0.15) is 11.9 Å². The molecule has 41 heavy (non-hydrogen) atoms. The van der Waals surface area contributed by atoms with E-state index >= 15 is 0 Å². The van der Waals surface area contributed by atoms with Crippen LogP contribution in [0, 0.1) is 5.92 Å². The van der Waals surface area contributed by atoms with Gasteiger partial charge < -0.3 is 56.4 Å². The van der Waals surface area contributed by atoms with Crippen LogP contribution in [0.3, 0.4) is 0 Å². The molecule has 1 rings (SSSR count). The maximum absolute atomic E-state index is 11.7. The summed E-state index contributed by atoms with van der Waals surface area (Å²) in [6.45, 7) is 3.93. The number of carbonyl (C=O) groups is 1. The first-order valence-corrected chi connectivity index (χ1v) is 14.9. The van der Waals surface area contributed by atoms with Crippen LogP contribution in [-0.4, -0.2) is 125 Å². The molecule has 11 unspecified atom stereocenters. The zero-order chi connectivity index (χ0) is 31.1. The summed E-state index contributed by atoms with van der Waals surface area (Å²) < 4.78 is 5.42. The number of Topliss-reactive ketones (excluding diaryl/α,β-unsaturated/α-hetero) is 1. The van der Waals surface area contributed by atoms with Gasteiger partial charge in [-0.25, -0.2) is 0 Å². The molecule has 242 valence electrons. The molecule has 12 nitrogen and oxygen atoms in total. The highest BCUT2D eigenvalue weighted by molar-refractivity contribution is 5.80. The quantitative estimate of drug-likeness (QED) is 0.0481. The van der Waals surface area contributed by atoms with Crippen LogP contribution < -0.4 is 5.73 Å². The number of aliphatic hydroxyl groups is 9. The van der Waals surface area contributed by atoms with Crippen LogP contribution in [0.2, 0.25) is 0 Å². The van der Waals surface area contributed by atoms with Crippen molar-refractivity contribution in [3.05, 3.63) is 12.2 Å². The normalized spacial score (nSPS) is 24.0. The van der Waals surface area contributed by atoms with Crippen molar-refractivity contribution >= 4 is 5.78 Å². The third kappa shape index (κ3) is 17.6. The van der Waals surface area contributed by atoms with Crippen molar-refractivity contribution in [3.63, 3.8) is 0 Å². The zero-order valence-electron chi connectivity index (χ0n) is 24.5. The Labute approximate surface area is 243 Å². The maximum Gasteiger partial charge on any atom is 0.137 e. The molecule has 11 N–H and O–H groups in total. The lowest BCUT2D eigenvalue weighted by Crippen LogP contribution is -2.29. The van der Waals surface area contributed by atoms with E-state index in [-0.39, 0.29) is 75.6 Å². The minimum Gasteiger partial charge on any atom is -0.393 e. The Hall–Kier alpha value is -1.03. The van der Waals surface area contributed by atoms with E-state index < -0.39 is 61.0 Å². The van der Waals surface area contributed by atoms with Gasteiger partial charge in [-0.05, 0) is 51.5 Å². The molecule has 0 spiro atoms. The maximum atomic E-state index is 11.7. The molecule has 0 aromatic heterocycles. The Kier molecular flexibility index (Phi) is 18.6. The van der Waals surface area contributed by atoms with E-state index in [9.17, 15) is 50.8 Å². The number of epoxide rings is 1. The Bertz CT molecular complexity index is 740. The smallest absolute Gasteiger partial charge is 0.137 e. The van der Waals surface area contributed by atoms with Crippen LogP contribution >= 0.6 is 0 Å². The number of ketones is 1. The highest BCUT2D eigenvalue weighted by atomic mass is 16.6. The van der Waals surface area contributed by atoms with Crippen molar-refractivity contribution in [1.29, 1.82) is 0 Å². The number of rotatable bonds is 24. The summed E-state index contributed by atoms with van der Waals surface area (Å²) in [6, 6.07) is 0. The average Bonchev–Trinajstić information content (AvgIpc) is 3.60. The first-order valence-electron chi connectivity index (χ1n) is 14.9. The monoisotopic (exact) mass is 593 g/mol.